The van der Waals surface area contributed by atoms with E-state index < -0.39 is 11.6 Å². The second-order valence-corrected chi connectivity index (χ2v) is 7.95. The van der Waals surface area contributed by atoms with Crippen LogP contribution in [0.2, 0.25) is 0 Å². The molecule has 1 heterocycles. The van der Waals surface area contributed by atoms with E-state index in [1.807, 2.05) is 6.92 Å². The molecule has 130 valence electrons. The van der Waals surface area contributed by atoms with Gasteiger partial charge in [-0.25, -0.2) is 4.79 Å². The van der Waals surface area contributed by atoms with Crippen molar-refractivity contribution >= 4 is 17.8 Å². The number of hydrogen-bond donors (Lipinski definition) is 1. The van der Waals surface area contributed by atoms with Gasteiger partial charge in [0.2, 0.25) is 5.91 Å². The van der Waals surface area contributed by atoms with Crippen molar-refractivity contribution in [2.24, 2.45) is 11.3 Å². The summed E-state index contributed by atoms with van der Waals surface area (Å²) < 4.78 is 0. The summed E-state index contributed by atoms with van der Waals surface area (Å²) in [5, 5.41) is 2.87. The zero-order valence-corrected chi connectivity index (χ0v) is 14.9. The lowest BCUT2D eigenvalue weighted by Crippen LogP contribution is -2.51. The lowest BCUT2D eigenvalue weighted by Gasteiger charge is -2.40. The van der Waals surface area contributed by atoms with Gasteiger partial charge in [0.05, 0.1) is 0 Å². The number of hydrogen-bond acceptors (Lipinski definition) is 3. The van der Waals surface area contributed by atoms with Crippen molar-refractivity contribution in [1.82, 2.24) is 15.1 Å². The molecule has 23 heavy (non-hydrogen) atoms. The first-order valence-corrected chi connectivity index (χ1v) is 8.49. The molecule has 1 aliphatic heterocycles. The van der Waals surface area contributed by atoms with Crippen LogP contribution in [0, 0.1) is 11.3 Å². The van der Waals surface area contributed by atoms with Crippen LogP contribution in [0.3, 0.4) is 0 Å². The number of likely N-dealkylation sites (N-methyl/N-ethyl adjacent to an activating group) is 1. The molecule has 0 aromatic rings. The highest BCUT2D eigenvalue weighted by Crippen LogP contribution is 2.43. The Hall–Kier alpha value is -1.59. The maximum absolute atomic E-state index is 12.8. The van der Waals surface area contributed by atoms with Gasteiger partial charge in [-0.05, 0) is 43.9 Å². The Labute approximate surface area is 138 Å². The Morgan fingerprint density at radius 3 is 2.35 bits per heavy atom. The quantitative estimate of drug-likeness (QED) is 0.808. The Morgan fingerprint density at radius 1 is 1.30 bits per heavy atom. The molecule has 6 heteroatoms. The third kappa shape index (κ3) is 3.35. The lowest BCUT2D eigenvalue weighted by molar-refractivity contribution is -0.139. The second kappa shape index (κ2) is 6.13. The molecule has 1 saturated carbocycles. The van der Waals surface area contributed by atoms with Crippen LogP contribution >= 0.6 is 0 Å². The summed E-state index contributed by atoms with van der Waals surface area (Å²) in [7, 11) is 1.67. The molecule has 0 radical (unpaired) electrons. The van der Waals surface area contributed by atoms with E-state index in [1.54, 1.807) is 7.05 Å². The van der Waals surface area contributed by atoms with Crippen molar-refractivity contribution in [3.8, 4) is 0 Å². The third-order valence-corrected chi connectivity index (χ3v) is 5.50. The first-order chi connectivity index (χ1) is 10.6. The lowest BCUT2D eigenvalue weighted by atomic mass is 9.67. The number of carbonyl (C=O) groups excluding carboxylic acids is 3. The van der Waals surface area contributed by atoms with Gasteiger partial charge in [-0.1, -0.05) is 20.8 Å². The molecule has 1 saturated heterocycles. The van der Waals surface area contributed by atoms with Crippen LogP contribution in [0.25, 0.3) is 0 Å². The van der Waals surface area contributed by atoms with E-state index in [1.165, 1.54) is 4.90 Å². The predicted octanol–water partition coefficient (Wildman–Crippen LogP) is 1.99. The molecular formula is C17H29N3O3. The fraction of sp³-hybridized carbons (Fsp3) is 0.824. The van der Waals surface area contributed by atoms with E-state index in [-0.39, 0.29) is 23.8 Å². The van der Waals surface area contributed by atoms with Gasteiger partial charge in [-0.3, -0.25) is 14.5 Å². The van der Waals surface area contributed by atoms with Crippen LogP contribution in [-0.4, -0.2) is 53.3 Å². The highest BCUT2D eigenvalue weighted by molar-refractivity contribution is 6.09. The summed E-state index contributed by atoms with van der Waals surface area (Å²) in [4.78, 5) is 39.6. The second-order valence-electron chi connectivity index (χ2n) is 7.95. The van der Waals surface area contributed by atoms with Gasteiger partial charge in [0, 0.05) is 13.6 Å². The summed E-state index contributed by atoms with van der Waals surface area (Å²) in [5.74, 6) is 0.115. The van der Waals surface area contributed by atoms with Crippen LogP contribution in [0.5, 0.6) is 0 Å². The molecular weight excluding hydrogens is 294 g/mol. The highest BCUT2D eigenvalue weighted by Gasteiger charge is 2.53. The first kappa shape index (κ1) is 17.8. The maximum Gasteiger partial charge on any atom is 0.325 e. The van der Waals surface area contributed by atoms with Gasteiger partial charge in [0.15, 0.2) is 0 Å². The summed E-state index contributed by atoms with van der Waals surface area (Å²) in [5.41, 5.74) is -0.573. The van der Waals surface area contributed by atoms with E-state index in [9.17, 15) is 14.4 Å². The predicted molar refractivity (Wildman–Crippen MR) is 87.7 cm³/mol. The molecule has 2 fully saturated rings. The average Bonchev–Trinajstić information content (AvgIpc) is 2.70. The molecule has 1 N–H and O–H groups in total. The molecule has 0 atom stereocenters. The van der Waals surface area contributed by atoms with Crippen LogP contribution in [0.1, 0.15) is 53.4 Å². The largest absolute Gasteiger partial charge is 0.344 e. The molecule has 0 bridgehead atoms. The van der Waals surface area contributed by atoms with Crippen LogP contribution in [0.15, 0.2) is 0 Å². The number of carbonyl (C=O) groups is 3. The van der Waals surface area contributed by atoms with Crippen LogP contribution < -0.4 is 5.32 Å². The van der Waals surface area contributed by atoms with Crippen molar-refractivity contribution < 1.29 is 14.4 Å². The SMILES string of the molecule is CCN(C)C(=O)CN1C(=O)NC2(CCC(C(C)(C)C)CC2)C1=O. The minimum atomic E-state index is -0.788. The number of imide groups is 1. The minimum Gasteiger partial charge on any atom is -0.344 e. The molecule has 1 spiro atoms. The summed E-state index contributed by atoms with van der Waals surface area (Å²) in [6, 6.07) is -0.429. The van der Waals surface area contributed by atoms with E-state index in [2.05, 4.69) is 26.1 Å². The van der Waals surface area contributed by atoms with Crippen molar-refractivity contribution in [3.63, 3.8) is 0 Å². The Kier molecular flexibility index (Phi) is 4.74. The summed E-state index contributed by atoms with van der Waals surface area (Å²) in [6.07, 6.45) is 3.17. The molecule has 1 aliphatic carbocycles. The minimum absolute atomic E-state index is 0.167. The number of rotatable bonds is 3. The topological polar surface area (TPSA) is 69.7 Å². The van der Waals surface area contributed by atoms with Crippen molar-refractivity contribution in [3.05, 3.63) is 0 Å². The summed E-state index contributed by atoms with van der Waals surface area (Å²) >= 11 is 0. The van der Waals surface area contributed by atoms with Crippen molar-refractivity contribution in [2.75, 3.05) is 20.1 Å². The van der Waals surface area contributed by atoms with Gasteiger partial charge in [-0.2, -0.15) is 0 Å². The molecule has 0 aromatic heterocycles. The van der Waals surface area contributed by atoms with Gasteiger partial charge in [0.25, 0.3) is 5.91 Å². The van der Waals surface area contributed by atoms with E-state index in [4.69, 9.17) is 0 Å². The molecule has 2 rings (SSSR count). The Balaban J connectivity index is 2.06. The molecule has 4 amide bonds. The van der Waals surface area contributed by atoms with Crippen LogP contribution in [0.4, 0.5) is 4.79 Å². The van der Waals surface area contributed by atoms with E-state index >= 15 is 0 Å². The fourth-order valence-corrected chi connectivity index (χ4v) is 3.57. The normalized spacial score (nSPS) is 28.2. The standard InChI is InChI=1S/C17H29N3O3/c1-6-19(5)13(21)11-20-14(22)17(18-15(20)23)9-7-12(8-10-17)16(2,3)4/h12H,6-11H2,1-5H3,(H,18,23). The van der Waals surface area contributed by atoms with E-state index in [0.29, 0.717) is 25.3 Å². The highest BCUT2D eigenvalue weighted by atomic mass is 16.2. The number of nitrogens with zero attached hydrogens (tertiary/aromatic N) is 2. The molecule has 2 aliphatic rings. The number of nitrogens with one attached hydrogen (secondary N) is 1. The van der Waals surface area contributed by atoms with Gasteiger partial charge >= 0.3 is 6.03 Å². The first-order valence-electron chi connectivity index (χ1n) is 8.49. The fourth-order valence-electron chi connectivity index (χ4n) is 3.57. The number of urea groups is 1. The third-order valence-electron chi connectivity index (χ3n) is 5.50. The van der Waals surface area contributed by atoms with Gasteiger partial charge in [0.1, 0.15) is 12.1 Å². The molecule has 0 unspecified atom stereocenters. The zero-order valence-electron chi connectivity index (χ0n) is 14.9. The van der Waals surface area contributed by atoms with Gasteiger partial charge in [-0.15, -0.1) is 0 Å². The Morgan fingerprint density at radius 2 is 1.87 bits per heavy atom. The van der Waals surface area contributed by atoms with Crippen molar-refractivity contribution in [2.45, 2.75) is 58.9 Å². The van der Waals surface area contributed by atoms with E-state index in [0.717, 1.165) is 17.7 Å². The van der Waals surface area contributed by atoms with Crippen molar-refractivity contribution in [1.29, 1.82) is 0 Å². The zero-order chi connectivity index (χ0) is 17.4. The van der Waals surface area contributed by atoms with Crippen LogP contribution in [-0.2, 0) is 9.59 Å². The smallest absolute Gasteiger partial charge is 0.325 e. The van der Waals surface area contributed by atoms with Gasteiger partial charge < -0.3 is 10.2 Å². The monoisotopic (exact) mass is 323 g/mol. The maximum atomic E-state index is 12.8. The summed E-state index contributed by atoms with van der Waals surface area (Å²) in [6.45, 7) is 8.90. The molecule has 0 aromatic carbocycles. The average molecular weight is 323 g/mol. The number of amides is 4. The molecule has 6 nitrogen and oxygen atoms in total. The Bertz CT molecular complexity index is 502.